The number of H-pyrrole nitrogens is 1. The second-order valence-electron chi connectivity index (χ2n) is 3.92. The summed E-state index contributed by atoms with van der Waals surface area (Å²) in [4.78, 5) is 9.99. The van der Waals surface area contributed by atoms with Crippen LogP contribution in [0, 0.1) is 29.1 Å². The number of nitrogens with one attached hydrogen (secondary N) is 1. The van der Waals surface area contributed by atoms with E-state index in [4.69, 9.17) is 0 Å². The third kappa shape index (κ3) is 1.64. The Balaban J connectivity index is 2.34. The molecule has 0 saturated heterocycles. The maximum absolute atomic E-state index is 13.6. The molecule has 3 aromatic rings. The summed E-state index contributed by atoms with van der Waals surface area (Å²) in [6.07, 6.45) is 2.70. The fraction of sp³-hybridized carbons (Fsp3) is 0. The zero-order valence-corrected chi connectivity index (χ0v) is 9.52. The van der Waals surface area contributed by atoms with E-state index in [0.29, 0.717) is 11.0 Å². The molecule has 0 spiro atoms. The van der Waals surface area contributed by atoms with Crippen LogP contribution in [-0.4, -0.2) is 15.0 Å². The fourth-order valence-corrected chi connectivity index (χ4v) is 1.79. The summed E-state index contributed by atoms with van der Waals surface area (Å²) in [5, 5.41) is 0. The Morgan fingerprint density at radius 1 is 0.850 bits per heavy atom. The van der Waals surface area contributed by atoms with Gasteiger partial charge in [-0.2, -0.15) is 0 Å². The highest BCUT2D eigenvalue weighted by molar-refractivity contribution is 5.78. The van der Waals surface area contributed by atoms with E-state index < -0.39 is 40.5 Å². The number of halogens is 5. The molecule has 1 aromatic carbocycles. The lowest BCUT2D eigenvalue weighted by atomic mass is 10.1. The van der Waals surface area contributed by atoms with Crippen LogP contribution in [0.5, 0.6) is 0 Å². The molecule has 20 heavy (non-hydrogen) atoms. The molecule has 0 unspecified atom stereocenters. The average molecular weight is 285 g/mol. The van der Waals surface area contributed by atoms with Crippen LogP contribution in [0.2, 0.25) is 0 Å². The van der Waals surface area contributed by atoms with Gasteiger partial charge in [0.15, 0.2) is 23.3 Å². The number of hydrogen-bond acceptors (Lipinski definition) is 2. The van der Waals surface area contributed by atoms with E-state index in [1.165, 1.54) is 18.5 Å². The molecule has 0 saturated carbocycles. The summed E-state index contributed by atoms with van der Waals surface area (Å²) in [7, 11) is 0. The minimum absolute atomic E-state index is 0.291. The van der Waals surface area contributed by atoms with Crippen LogP contribution < -0.4 is 0 Å². The van der Waals surface area contributed by atoms with Gasteiger partial charge in [-0.05, 0) is 6.07 Å². The van der Waals surface area contributed by atoms with Crippen LogP contribution in [0.1, 0.15) is 0 Å². The van der Waals surface area contributed by atoms with E-state index in [2.05, 4.69) is 15.0 Å². The van der Waals surface area contributed by atoms with Gasteiger partial charge in [-0.3, -0.25) is 4.98 Å². The van der Waals surface area contributed by atoms with E-state index >= 15 is 0 Å². The zero-order valence-electron chi connectivity index (χ0n) is 9.52. The van der Waals surface area contributed by atoms with Gasteiger partial charge in [0.2, 0.25) is 5.82 Å². The maximum Gasteiger partial charge on any atom is 0.200 e. The molecular weight excluding hydrogens is 281 g/mol. The van der Waals surface area contributed by atoms with Crippen molar-refractivity contribution >= 4 is 11.0 Å². The maximum atomic E-state index is 13.6. The Morgan fingerprint density at radius 2 is 1.45 bits per heavy atom. The highest BCUT2D eigenvalue weighted by Crippen LogP contribution is 2.30. The molecule has 0 atom stereocenters. The van der Waals surface area contributed by atoms with Crippen molar-refractivity contribution in [3.05, 3.63) is 47.5 Å². The van der Waals surface area contributed by atoms with Gasteiger partial charge in [0.25, 0.3) is 0 Å². The van der Waals surface area contributed by atoms with Crippen molar-refractivity contribution in [1.82, 2.24) is 15.0 Å². The highest BCUT2D eigenvalue weighted by Gasteiger charge is 2.28. The van der Waals surface area contributed by atoms with Crippen LogP contribution in [0.25, 0.3) is 22.4 Å². The minimum atomic E-state index is -2.21. The second-order valence-corrected chi connectivity index (χ2v) is 3.92. The van der Waals surface area contributed by atoms with Crippen molar-refractivity contribution in [1.29, 1.82) is 0 Å². The van der Waals surface area contributed by atoms with Crippen molar-refractivity contribution in [3.63, 3.8) is 0 Å². The molecule has 0 aliphatic heterocycles. The van der Waals surface area contributed by atoms with Crippen molar-refractivity contribution in [3.8, 4) is 11.4 Å². The SMILES string of the molecule is Fc1c(F)c(F)c(-c2nc3ccncc3[nH]2)c(F)c1F. The van der Waals surface area contributed by atoms with E-state index in [9.17, 15) is 22.0 Å². The lowest BCUT2D eigenvalue weighted by molar-refractivity contribution is 0.381. The molecule has 102 valence electrons. The molecule has 3 nitrogen and oxygen atoms in total. The summed E-state index contributed by atoms with van der Waals surface area (Å²) in [6, 6.07) is 1.43. The van der Waals surface area contributed by atoms with Crippen LogP contribution in [-0.2, 0) is 0 Å². The standard InChI is InChI=1S/C12H4F5N3/c13-7-6(8(14)10(16)11(17)9(7)15)12-19-4-1-2-18-3-5(4)20-12/h1-3H,(H,19,20). The first-order chi connectivity index (χ1) is 9.50. The fourth-order valence-electron chi connectivity index (χ4n) is 1.79. The van der Waals surface area contributed by atoms with Gasteiger partial charge in [-0.1, -0.05) is 0 Å². The van der Waals surface area contributed by atoms with Gasteiger partial charge in [0.1, 0.15) is 5.82 Å². The monoisotopic (exact) mass is 285 g/mol. The summed E-state index contributed by atoms with van der Waals surface area (Å²) in [5.41, 5.74) is -0.497. The van der Waals surface area contributed by atoms with Crippen LogP contribution in [0.15, 0.2) is 18.5 Å². The number of nitrogens with zero attached hydrogens (tertiary/aromatic N) is 2. The van der Waals surface area contributed by atoms with Gasteiger partial charge in [-0.15, -0.1) is 0 Å². The summed E-state index contributed by atoms with van der Waals surface area (Å²) in [5.74, 6) is -10.6. The minimum Gasteiger partial charge on any atom is -0.337 e. The summed E-state index contributed by atoms with van der Waals surface area (Å²) in [6.45, 7) is 0. The van der Waals surface area contributed by atoms with Crippen LogP contribution in [0.3, 0.4) is 0 Å². The van der Waals surface area contributed by atoms with Gasteiger partial charge < -0.3 is 4.98 Å². The predicted molar refractivity (Wildman–Crippen MR) is 59.1 cm³/mol. The van der Waals surface area contributed by atoms with Gasteiger partial charge >= 0.3 is 0 Å². The number of hydrogen-bond donors (Lipinski definition) is 1. The van der Waals surface area contributed by atoms with Crippen molar-refractivity contribution < 1.29 is 22.0 Å². The number of benzene rings is 1. The normalized spacial score (nSPS) is 11.2. The number of rotatable bonds is 1. The van der Waals surface area contributed by atoms with E-state index in [-0.39, 0.29) is 0 Å². The first-order valence-corrected chi connectivity index (χ1v) is 5.32. The number of imidazole rings is 1. The first kappa shape index (κ1) is 12.5. The van der Waals surface area contributed by atoms with E-state index in [1.807, 2.05) is 0 Å². The Labute approximate surface area is 108 Å². The van der Waals surface area contributed by atoms with Gasteiger partial charge in [0.05, 0.1) is 22.8 Å². The first-order valence-electron chi connectivity index (χ1n) is 5.32. The van der Waals surface area contributed by atoms with Gasteiger partial charge in [0, 0.05) is 6.20 Å². The van der Waals surface area contributed by atoms with E-state index in [1.54, 1.807) is 0 Å². The Kier molecular flexibility index (Phi) is 2.66. The van der Waals surface area contributed by atoms with Crippen molar-refractivity contribution in [2.45, 2.75) is 0 Å². The molecule has 0 bridgehead atoms. The Bertz CT molecular complexity index is 765. The lowest BCUT2D eigenvalue weighted by Gasteiger charge is -2.05. The zero-order chi connectivity index (χ0) is 14.4. The molecule has 3 rings (SSSR count). The predicted octanol–water partition coefficient (Wildman–Crippen LogP) is 3.32. The summed E-state index contributed by atoms with van der Waals surface area (Å²) >= 11 is 0. The number of aromatic amines is 1. The largest absolute Gasteiger partial charge is 0.337 e. The quantitative estimate of drug-likeness (QED) is 0.423. The average Bonchev–Trinajstić information content (AvgIpc) is 2.86. The molecule has 2 aromatic heterocycles. The molecule has 0 amide bonds. The van der Waals surface area contributed by atoms with Crippen molar-refractivity contribution in [2.24, 2.45) is 0 Å². The smallest absolute Gasteiger partial charge is 0.200 e. The third-order valence-corrected chi connectivity index (χ3v) is 2.73. The van der Waals surface area contributed by atoms with Crippen molar-refractivity contribution in [2.75, 3.05) is 0 Å². The molecule has 0 aliphatic rings. The molecule has 0 radical (unpaired) electrons. The topological polar surface area (TPSA) is 41.6 Å². The number of aromatic nitrogens is 3. The Hall–Kier alpha value is -2.51. The molecule has 0 aliphatic carbocycles. The van der Waals surface area contributed by atoms with Gasteiger partial charge in [-0.25, -0.2) is 26.9 Å². The lowest BCUT2D eigenvalue weighted by Crippen LogP contribution is -2.04. The second kappa shape index (κ2) is 4.26. The summed E-state index contributed by atoms with van der Waals surface area (Å²) < 4.78 is 66.4. The van der Waals surface area contributed by atoms with E-state index in [0.717, 1.165) is 0 Å². The van der Waals surface area contributed by atoms with Crippen LogP contribution >= 0.6 is 0 Å². The number of fused-ring (bicyclic) bond motifs is 1. The third-order valence-electron chi connectivity index (χ3n) is 2.73. The Morgan fingerprint density at radius 3 is 2.05 bits per heavy atom. The van der Waals surface area contributed by atoms with Crippen LogP contribution in [0.4, 0.5) is 22.0 Å². The molecule has 2 heterocycles. The molecule has 8 heteroatoms. The molecule has 1 N–H and O–H groups in total. The molecular formula is C12H4F5N3. The highest BCUT2D eigenvalue weighted by atomic mass is 19.2. The molecule has 0 fully saturated rings. The number of pyridine rings is 1.